The van der Waals surface area contributed by atoms with E-state index in [0.29, 0.717) is 6.54 Å². The van der Waals surface area contributed by atoms with E-state index in [0.717, 1.165) is 50.4 Å². The Hall–Kier alpha value is -2.53. The molecule has 28 heavy (non-hydrogen) atoms. The second-order valence-corrected chi connectivity index (χ2v) is 7.72. The van der Waals surface area contributed by atoms with Crippen LogP contribution in [0, 0.1) is 6.92 Å². The van der Waals surface area contributed by atoms with Crippen molar-refractivity contribution in [1.82, 2.24) is 10.2 Å². The van der Waals surface area contributed by atoms with Gasteiger partial charge in [0.1, 0.15) is 0 Å². The molecule has 1 aliphatic heterocycles. The molecular weight excluding hydrogens is 348 g/mol. The molecule has 0 atom stereocenters. The van der Waals surface area contributed by atoms with Crippen molar-refractivity contribution in [3.8, 4) is 0 Å². The molecule has 5 heteroatoms. The van der Waals surface area contributed by atoms with Crippen LogP contribution in [0.25, 0.3) is 0 Å². The molecule has 0 saturated carbocycles. The lowest BCUT2D eigenvalue weighted by Crippen LogP contribution is -2.47. The number of hydrogen-bond acceptors (Lipinski definition) is 4. The van der Waals surface area contributed by atoms with E-state index >= 15 is 0 Å². The van der Waals surface area contributed by atoms with Gasteiger partial charge >= 0.3 is 0 Å². The van der Waals surface area contributed by atoms with E-state index < -0.39 is 0 Å². The summed E-state index contributed by atoms with van der Waals surface area (Å²) >= 11 is 0. The molecule has 1 saturated heterocycles. The summed E-state index contributed by atoms with van der Waals surface area (Å²) in [5.41, 5.74) is 4.40. The van der Waals surface area contributed by atoms with Crippen LogP contribution in [0.2, 0.25) is 0 Å². The zero-order chi connectivity index (χ0) is 19.9. The van der Waals surface area contributed by atoms with Crippen LogP contribution in [0.5, 0.6) is 0 Å². The zero-order valence-corrected chi connectivity index (χ0v) is 17.3. The molecular formula is C23H32N4O. The lowest BCUT2D eigenvalue weighted by molar-refractivity contribution is 0.0951. The Balaban J connectivity index is 1.37. The SMILES string of the molecule is Cc1cccc(N2CCN(CCCNC(=O)c3cccc(N(C)C)c3)CC2)c1. The number of carbonyl (C=O) groups is 1. The first-order valence-corrected chi connectivity index (χ1v) is 10.1. The quantitative estimate of drug-likeness (QED) is 0.750. The summed E-state index contributed by atoms with van der Waals surface area (Å²) in [6.07, 6.45) is 0.976. The number of aryl methyl sites for hydroxylation is 1. The van der Waals surface area contributed by atoms with Gasteiger partial charge in [0.25, 0.3) is 5.91 Å². The standard InChI is InChI=1S/C23H32N4O/c1-19-7-4-10-22(17-19)27-15-13-26(14-16-27)12-6-11-24-23(28)20-8-5-9-21(18-20)25(2)3/h4-5,7-10,17-18H,6,11-16H2,1-3H3,(H,24,28). The second kappa shape index (κ2) is 9.60. The number of nitrogens with one attached hydrogen (secondary N) is 1. The molecule has 1 heterocycles. The van der Waals surface area contributed by atoms with Gasteiger partial charge in [-0.15, -0.1) is 0 Å². The van der Waals surface area contributed by atoms with Gasteiger partial charge in [0, 0.05) is 63.8 Å². The summed E-state index contributed by atoms with van der Waals surface area (Å²) in [6.45, 7) is 8.16. The van der Waals surface area contributed by atoms with Gasteiger partial charge in [-0.2, -0.15) is 0 Å². The van der Waals surface area contributed by atoms with Gasteiger partial charge in [0.15, 0.2) is 0 Å². The fourth-order valence-electron chi connectivity index (χ4n) is 3.59. The van der Waals surface area contributed by atoms with Gasteiger partial charge in [0.05, 0.1) is 0 Å². The first-order valence-electron chi connectivity index (χ1n) is 10.1. The van der Waals surface area contributed by atoms with Crippen molar-refractivity contribution >= 4 is 17.3 Å². The van der Waals surface area contributed by atoms with Gasteiger partial charge < -0.3 is 15.1 Å². The highest BCUT2D eigenvalue weighted by atomic mass is 16.1. The Kier molecular flexibility index (Phi) is 6.93. The minimum atomic E-state index is 0.00738. The molecule has 3 rings (SSSR count). The van der Waals surface area contributed by atoms with Crippen molar-refractivity contribution in [2.45, 2.75) is 13.3 Å². The fourth-order valence-corrected chi connectivity index (χ4v) is 3.59. The molecule has 1 N–H and O–H groups in total. The summed E-state index contributed by atoms with van der Waals surface area (Å²) in [6, 6.07) is 16.5. The first-order chi connectivity index (χ1) is 13.5. The van der Waals surface area contributed by atoms with Gasteiger partial charge in [-0.25, -0.2) is 0 Å². The maximum atomic E-state index is 12.3. The number of amides is 1. The molecule has 1 amide bonds. The number of rotatable bonds is 7. The molecule has 0 unspecified atom stereocenters. The molecule has 0 aromatic heterocycles. The monoisotopic (exact) mass is 380 g/mol. The lowest BCUT2D eigenvalue weighted by Gasteiger charge is -2.36. The number of carbonyl (C=O) groups excluding carboxylic acids is 1. The van der Waals surface area contributed by atoms with Crippen LogP contribution < -0.4 is 15.1 Å². The second-order valence-electron chi connectivity index (χ2n) is 7.72. The third-order valence-electron chi connectivity index (χ3n) is 5.30. The summed E-state index contributed by atoms with van der Waals surface area (Å²) in [5, 5.41) is 3.05. The number of anilines is 2. The van der Waals surface area contributed by atoms with Crippen LogP contribution in [0.15, 0.2) is 48.5 Å². The molecule has 5 nitrogen and oxygen atoms in total. The zero-order valence-electron chi connectivity index (χ0n) is 17.3. The van der Waals surface area contributed by atoms with Crippen molar-refractivity contribution in [2.75, 3.05) is 63.2 Å². The number of benzene rings is 2. The molecule has 0 aliphatic carbocycles. The smallest absolute Gasteiger partial charge is 0.251 e. The van der Waals surface area contributed by atoms with Crippen LogP contribution in [-0.2, 0) is 0 Å². The molecule has 0 radical (unpaired) electrons. The highest BCUT2D eigenvalue weighted by Gasteiger charge is 2.17. The average molecular weight is 381 g/mol. The molecule has 1 aliphatic rings. The van der Waals surface area contributed by atoms with Gasteiger partial charge in [0.2, 0.25) is 0 Å². The van der Waals surface area contributed by atoms with E-state index in [-0.39, 0.29) is 5.91 Å². The van der Waals surface area contributed by atoms with Gasteiger partial charge in [-0.05, 0) is 55.8 Å². The molecule has 2 aromatic rings. The Bertz CT molecular complexity index is 782. The minimum Gasteiger partial charge on any atom is -0.378 e. The van der Waals surface area contributed by atoms with Crippen molar-refractivity contribution in [3.63, 3.8) is 0 Å². The first kappa shape index (κ1) is 20.2. The summed E-state index contributed by atoms with van der Waals surface area (Å²) in [7, 11) is 3.96. The Morgan fingerprint density at radius 2 is 1.79 bits per heavy atom. The Morgan fingerprint density at radius 1 is 1.04 bits per heavy atom. The summed E-state index contributed by atoms with van der Waals surface area (Å²) < 4.78 is 0. The highest BCUT2D eigenvalue weighted by molar-refractivity contribution is 5.95. The summed E-state index contributed by atoms with van der Waals surface area (Å²) in [4.78, 5) is 19.3. The van der Waals surface area contributed by atoms with E-state index in [1.807, 2.05) is 43.3 Å². The molecule has 0 spiro atoms. The van der Waals surface area contributed by atoms with Crippen molar-refractivity contribution in [2.24, 2.45) is 0 Å². The Labute approximate surface area is 168 Å². The predicted molar refractivity (Wildman–Crippen MR) is 118 cm³/mol. The van der Waals surface area contributed by atoms with Crippen LogP contribution >= 0.6 is 0 Å². The van der Waals surface area contributed by atoms with E-state index in [2.05, 4.69) is 46.3 Å². The third kappa shape index (κ3) is 5.49. The maximum absolute atomic E-state index is 12.3. The van der Waals surface area contributed by atoms with Gasteiger partial charge in [-0.1, -0.05) is 18.2 Å². The van der Waals surface area contributed by atoms with E-state index in [1.165, 1.54) is 11.3 Å². The van der Waals surface area contributed by atoms with Crippen LogP contribution in [-0.4, -0.2) is 64.2 Å². The molecule has 1 fully saturated rings. The highest BCUT2D eigenvalue weighted by Crippen LogP contribution is 2.18. The van der Waals surface area contributed by atoms with E-state index in [1.54, 1.807) is 0 Å². The fraction of sp³-hybridized carbons (Fsp3) is 0.435. The van der Waals surface area contributed by atoms with Crippen molar-refractivity contribution in [3.05, 3.63) is 59.7 Å². The Morgan fingerprint density at radius 3 is 2.50 bits per heavy atom. The molecule has 150 valence electrons. The predicted octanol–water partition coefficient (Wildman–Crippen LogP) is 3.00. The normalized spacial score (nSPS) is 14.8. The minimum absolute atomic E-state index is 0.00738. The van der Waals surface area contributed by atoms with Crippen molar-refractivity contribution in [1.29, 1.82) is 0 Å². The van der Waals surface area contributed by atoms with Crippen LogP contribution in [0.4, 0.5) is 11.4 Å². The number of nitrogens with zero attached hydrogens (tertiary/aromatic N) is 3. The third-order valence-corrected chi connectivity index (χ3v) is 5.30. The van der Waals surface area contributed by atoms with E-state index in [4.69, 9.17) is 0 Å². The van der Waals surface area contributed by atoms with Gasteiger partial charge in [-0.3, -0.25) is 9.69 Å². The van der Waals surface area contributed by atoms with Crippen LogP contribution in [0.3, 0.4) is 0 Å². The van der Waals surface area contributed by atoms with Crippen LogP contribution in [0.1, 0.15) is 22.3 Å². The van der Waals surface area contributed by atoms with Crippen molar-refractivity contribution < 1.29 is 4.79 Å². The summed E-state index contributed by atoms with van der Waals surface area (Å²) in [5.74, 6) is 0.00738. The largest absolute Gasteiger partial charge is 0.378 e. The maximum Gasteiger partial charge on any atom is 0.251 e. The van der Waals surface area contributed by atoms with E-state index in [9.17, 15) is 4.79 Å². The molecule has 0 bridgehead atoms. The number of hydrogen-bond donors (Lipinski definition) is 1. The lowest BCUT2D eigenvalue weighted by atomic mass is 10.1. The molecule has 2 aromatic carbocycles. The topological polar surface area (TPSA) is 38.8 Å². The number of piperazine rings is 1. The average Bonchev–Trinajstić information content (AvgIpc) is 2.71.